The summed E-state index contributed by atoms with van der Waals surface area (Å²) in [6.45, 7) is -0.244. The fourth-order valence-corrected chi connectivity index (χ4v) is 2.24. The first-order valence-corrected chi connectivity index (χ1v) is 6.96. The molecule has 1 saturated carbocycles. The number of hydrogen-bond donors (Lipinski definition) is 2. The van der Waals surface area contributed by atoms with Crippen LogP contribution in [0.2, 0.25) is 0 Å². The van der Waals surface area contributed by atoms with Crippen LogP contribution in [0, 0.1) is 0 Å². The Morgan fingerprint density at radius 2 is 2.13 bits per heavy atom. The Bertz CT molecular complexity index is 558. The van der Waals surface area contributed by atoms with Gasteiger partial charge in [-0.15, -0.1) is 24.0 Å². The van der Waals surface area contributed by atoms with Gasteiger partial charge in [-0.25, -0.2) is 4.98 Å². The summed E-state index contributed by atoms with van der Waals surface area (Å²) in [5.74, 6) is -0.267. The van der Waals surface area contributed by atoms with E-state index in [1.54, 1.807) is 11.9 Å². The van der Waals surface area contributed by atoms with E-state index < -0.39 is 24.0 Å². The van der Waals surface area contributed by atoms with E-state index in [4.69, 9.17) is 5.73 Å². The number of aliphatic imine (C=N–C) groups is 1. The van der Waals surface area contributed by atoms with Crippen LogP contribution in [-0.2, 0) is 12.6 Å². The van der Waals surface area contributed by atoms with Gasteiger partial charge in [-0.05, 0) is 12.8 Å². The summed E-state index contributed by atoms with van der Waals surface area (Å²) in [6.07, 6.45) is -0.909. The molecule has 1 unspecified atom stereocenters. The molecule has 0 radical (unpaired) electrons. The number of hydrogen-bond acceptors (Lipinski definition) is 3. The topological polar surface area (TPSA) is 79.7 Å². The number of aryl methyl sites for hydroxylation is 1. The van der Waals surface area contributed by atoms with Gasteiger partial charge in [0.15, 0.2) is 5.96 Å². The number of guanidine groups is 1. The minimum atomic E-state index is -4.85. The molecular formula is C13H21F3IN5O. The summed E-state index contributed by atoms with van der Waals surface area (Å²) in [7, 11) is 3.16. The molecule has 1 aromatic heterocycles. The van der Waals surface area contributed by atoms with Crippen molar-refractivity contribution in [2.45, 2.75) is 37.1 Å². The summed E-state index contributed by atoms with van der Waals surface area (Å²) >= 11 is 0. The number of alkyl halides is 3. The Labute approximate surface area is 149 Å². The lowest BCUT2D eigenvalue weighted by atomic mass is 9.98. The smallest absolute Gasteiger partial charge is 0.374 e. The Morgan fingerprint density at radius 1 is 1.52 bits per heavy atom. The first kappa shape index (κ1) is 20.0. The van der Waals surface area contributed by atoms with Crippen LogP contribution in [0.1, 0.15) is 25.1 Å². The van der Waals surface area contributed by atoms with Crippen LogP contribution in [0.3, 0.4) is 0 Å². The van der Waals surface area contributed by atoms with Crippen molar-refractivity contribution in [3.8, 4) is 0 Å². The maximum absolute atomic E-state index is 13.3. The molecule has 1 fully saturated rings. The van der Waals surface area contributed by atoms with Gasteiger partial charge in [-0.1, -0.05) is 0 Å². The SMILES string of the molecule is CN(C(N)=NCCC(O)(c1nccn1C)C(F)(F)F)C1CC1.I. The highest BCUT2D eigenvalue weighted by Crippen LogP contribution is 2.40. The largest absolute Gasteiger partial charge is 0.424 e. The van der Waals surface area contributed by atoms with Crippen LogP contribution in [0.5, 0.6) is 0 Å². The maximum Gasteiger partial charge on any atom is 0.424 e. The van der Waals surface area contributed by atoms with Gasteiger partial charge in [0.05, 0.1) is 0 Å². The average molecular weight is 447 g/mol. The third-order valence-electron chi connectivity index (χ3n) is 3.86. The van der Waals surface area contributed by atoms with Crippen molar-refractivity contribution in [3.05, 3.63) is 18.2 Å². The fourth-order valence-electron chi connectivity index (χ4n) is 2.24. The van der Waals surface area contributed by atoms with E-state index in [0.29, 0.717) is 6.04 Å². The number of imidazole rings is 1. The zero-order valence-electron chi connectivity index (χ0n) is 12.9. The molecule has 0 saturated heterocycles. The number of nitrogens with two attached hydrogens (primary N) is 1. The molecule has 1 atom stereocenters. The number of nitrogens with zero attached hydrogens (tertiary/aromatic N) is 4. The van der Waals surface area contributed by atoms with Gasteiger partial charge in [0.1, 0.15) is 5.82 Å². The standard InChI is InChI=1S/C13H20F3N5O.HI/c1-20-8-7-18-10(20)12(22,13(14,15)16)5-6-19-11(17)21(2)9-3-4-9;/h7-9,22H,3-6H2,1-2H3,(H2,17,19);1H. The van der Waals surface area contributed by atoms with E-state index in [0.717, 1.165) is 17.4 Å². The van der Waals surface area contributed by atoms with Crippen molar-refractivity contribution in [2.75, 3.05) is 13.6 Å². The molecule has 0 bridgehead atoms. The molecule has 0 spiro atoms. The molecule has 1 aromatic rings. The molecule has 0 amide bonds. The molecule has 23 heavy (non-hydrogen) atoms. The van der Waals surface area contributed by atoms with Gasteiger partial charge in [0.2, 0.25) is 5.60 Å². The second kappa shape index (κ2) is 7.24. The van der Waals surface area contributed by atoms with E-state index in [-0.39, 0.29) is 36.5 Å². The second-order valence-corrected chi connectivity index (χ2v) is 5.55. The summed E-state index contributed by atoms with van der Waals surface area (Å²) in [5, 5.41) is 10.1. The van der Waals surface area contributed by atoms with Gasteiger partial charge in [0, 0.05) is 45.5 Å². The lowest BCUT2D eigenvalue weighted by Crippen LogP contribution is -2.45. The number of aliphatic hydroxyl groups is 1. The molecule has 2 rings (SSSR count). The zero-order valence-corrected chi connectivity index (χ0v) is 15.2. The van der Waals surface area contributed by atoms with E-state index in [1.807, 2.05) is 0 Å². The Kier molecular flexibility index (Phi) is 6.30. The van der Waals surface area contributed by atoms with Crippen molar-refractivity contribution >= 4 is 29.9 Å². The fraction of sp³-hybridized carbons (Fsp3) is 0.692. The van der Waals surface area contributed by atoms with Gasteiger partial charge < -0.3 is 20.3 Å². The Balaban J connectivity index is 0.00000264. The quantitative estimate of drug-likeness (QED) is 0.408. The van der Waals surface area contributed by atoms with Crippen LogP contribution in [0.15, 0.2) is 17.4 Å². The maximum atomic E-state index is 13.3. The molecular weight excluding hydrogens is 426 g/mol. The van der Waals surface area contributed by atoms with Crippen molar-refractivity contribution in [1.29, 1.82) is 0 Å². The third kappa shape index (κ3) is 4.28. The number of aromatic nitrogens is 2. The highest BCUT2D eigenvalue weighted by atomic mass is 127. The van der Waals surface area contributed by atoms with Crippen LogP contribution >= 0.6 is 24.0 Å². The molecule has 132 valence electrons. The van der Waals surface area contributed by atoms with E-state index >= 15 is 0 Å². The van der Waals surface area contributed by atoms with Crippen LogP contribution < -0.4 is 5.73 Å². The predicted octanol–water partition coefficient (Wildman–Crippen LogP) is 1.59. The van der Waals surface area contributed by atoms with Crippen LogP contribution in [-0.4, -0.2) is 51.3 Å². The molecule has 0 aromatic carbocycles. The Hall–Kier alpha value is -1.04. The average Bonchev–Trinajstić information content (AvgIpc) is 3.18. The summed E-state index contributed by atoms with van der Waals surface area (Å²) in [4.78, 5) is 9.32. The molecule has 3 N–H and O–H groups in total. The Morgan fingerprint density at radius 3 is 2.57 bits per heavy atom. The second-order valence-electron chi connectivity index (χ2n) is 5.55. The molecule has 1 heterocycles. The normalized spacial score (nSPS) is 18.3. The van der Waals surface area contributed by atoms with Gasteiger partial charge in [0.25, 0.3) is 0 Å². The van der Waals surface area contributed by atoms with Crippen LogP contribution in [0.4, 0.5) is 13.2 Å². The summed E-state index contributed by atoms with van der Waals surface area (Å²) in [6, 6.07) is 0.319. The molecule has 0 aliphatic heterocycles. The summed E-state index contributed by atoms with van der Waals surface area (Å²) in [5.41, 5.74) is 2.69. The lowest BCUT2D eigenvalue weighted by Gasteiger charge is -2.29. The van der Waals surface area contributed by atoms with Crippen molar-refractivity contribution < 1.29 is 18.3 Å². The highest BCUT2D eigenvalue weighted by molar-refractivity contribution is 14.0. The highest BCUT2D eigenvalue weighted by Gasteiger charge is 2.57. The first-order chi connectivity index (χ1) is 10.2. The number of halogens is 4. The van der Waals surface area contributed by atoms with E-state index in [9.17, 15) is 18.3 Å². The molecule has 6 nitrogen and oxygen atoms in total. The molecule has 1 aliphatic rings. The van der Waals surface area contributed by atoms with E-state index in [2.05, 4.69) is 9.98 Å². The lowest BCUT2D eigenvalue weighted by molar-refractivity contribution is -0.272. The first-order valence-electron chi connectivity index (χ1n) is 6.96. The minimum absolute atomic E-state index is 0. The number of rotatable bonds is 5. The van der Waals surface area contributed by atoms with Crippen molar-refractivity contribution in [1.82, 2.24) is 14.5 Å². The monoisotopic (exact) mass is 447 g/mol. The van der Waals surface area contributed by atoms with Gasteiger partial charge in [-0.3, -0.25) is 4.99 Å². The van der Waals surface area contributed by atoms with Gasteiger partial charge in [-0.2, -0.15) is 13.2 Å². The minimum Gasteiger partial charge on any atom is -0.374 e. The third-order valence-corrected chi connectivity index (χ3v) is 3.86. The van der Waals surface area contributed by atoms with Crippen LogP contribution in [0.25, 0.3) is 0 Å². The van der Waals surface area contributed by atoms with Gasteiger partial charge >= 0.3 is 6.18 Å². The zero-order chi connectivity index (χ0) is 16.5. The van der Waals surface area contributed by atoms with Crippen molar-refractivity contribution in [2.24, 2.45) is 17.8 Å². The van der Waals surface area contributed by atoms with Crippen molar-refractivity contribution in [3.63, 3.8) is 0 Å². The predicted molar refractivity (Wildman–Crippen MR) is 90.5 cm³/mol. The summed E-state index contributed by atoms with van der Waals surface area (Å²) < 4.78 is 41.0. The van der Waals surface area contributed by atoms with E-state index in [1.165, 1.54) is 19.4 Å². The molecule has 10 heteroatoms. The molecule has 1 aliphatic carbocycles.